The van der Waals surface area contributed by atoms with Crippen molar-refractivity contribution in [3.8, 4) is 0 Å². The van der Waals surface area contributed by atoms with Crippen molar-refractivity contribution < 1.29 is 19.4 Å². The van der Waals surface area contributed by atoms with Crippen molar-refractivity contribution in [2.45, 2.75) is 25.7 Å². The second kappa shape index (κ2) is 6.48. The van der Waals surface area contributed by atoms with E-state index in [-0.39, 0.29) is 18.2 Å². The Labute approximate surface area is 95.2 Å². The molecule has 0 bridgehead atoms. The molecule has 0 aliphatic heterocycles. The van der Waals surface area contributed by atoms with Gasteiger partial charge in [0, 0.05) is 26.7 Å². The van der Waals surface area contributed by atoms with E-state index in [1.54, 1.807) is 7.11 Å². The van der Waals surface area contributed by atoms with E-state index in [4.69, 9.17) is 9.84 Å². The molecule has 1 saturated carbocycles. The maximum Gasteiger partial charge on any atom is 0.307 e. The van der Waals surface area contributed by atoms with E-state index in [0.717, 1.165) is 19.3 Å². The summed E-state index contributed by atoms with van der Waals surface area (Å²) in [7, 11) is 1.61. The van der Waals surface area contributed by atoms with Gasteiger partial charge in [-0.25, -0.2) is 0 Å². The fraction of sp³-hybridized carbons (Fsp3) is 0.818. The third-order valence-electron chi connectivity index (χ3n) is 2.76. The van der Waals surface area contributed by atoms with E-state index in [2.05, 4.69) is 5.32 Å². The number of carboxylic acid groups (broad SMARTS) is 1. The lowest BCUT2D eigenvalue weighted by Gasteiger charge is -2.11. The Morgan fingerprint density at radius 2 is 2.19 bits per heavy atom. The summed E-state index contributed by atoms with van der Waals surface area (Å²) in [6.45, 7) is 1.15. The highest BCUT2D eigenvalue weighted by Gasteiger charge is 2.37. The van der Waals surface area contributed by atoms with Crippen LogP contribution in [0.3, 0.4) is 0 Å². The lowest BCUT2D eigenvalue weighted by Crippen LogP contribution is -2.30. The minimum absolute atomic E-state index is 0.104. The zero-order valence-electron chi connectivity index (χ0n) is 9.57. The van der Waals surface area contributed by atoms with Gasteiger partial charge in [-0.05, 0) is 25.2 Å². The number of carbonyl (C=O) groups excluding carboxylic acids is 1. The number of hydrogen-bond acceptors (Lipinski definition) is 3. The van der Waals surface area contributed by atoms with Gasteiger partial charge in [0.1, 0.15) is 0 Å². The first-order valence-corrected chi connectivity index (χ1v) is 5.63. The smallest absolute Gasteiger partial charge is 0.307 e. The highest BCUT2D eigenvalue weighted by atomic mass is 16.5. The molecule has 5 nitrogen and oxygen atoms in total. The zero-order valence-corrected chi connectivity index (χ0v) is 9.57. The number of carboxylic acids is 1. The Morgan fingerprint density at radius 1 is 1.50 bits per heavy atom. The summed E-state index contributed by atoms with van der Waals surface area (Å²) in [4.78, 5) is 22.3. The van der Waals surface area contributed by atoms with Crippen molar-refractivity contribution in [1.82, 2.24) is 5.32 Å². The first kappa shape index (κ1) is 13.0. The molecule has 2 N–H and O–H groups in total. The van der Waals surface area contributed by atoms with Crippen LogP contribution in [0.1, 0.15) is 25.7 Å². The van der Waals surface area contributed by atoms with Crippen LogP contribution < -0.4 is 5.32 Å². The van der Waals surface area contributed by atoms with Gasteiger partial charge in [0.2, 0.25) is 5.91 Å². The molecule has 1 amide bonds. The zero-order chi connectivity index (χ0) is 12.0. The maximum absolute atomic E-state index is 11.4. The molecular weight excluding hydrogens is 210 g/mol. The standard InChI is InChI=1S/C11H19NO4/c1-16-6-2-5-12-10(13)7-9(11(14)15)8-3-4-8/h8-9H,2-7H2,1H3,(H,12,13)(H,14,15). The molecule has 0 aromatic rings. The second-order valence-electron chi connectivity index (χ2n) is 4.18. The Hall–Kier alpha value is -1.10. The van der Waals surface area contributed by atoms with Gasteiger partial charge >= 0.3 is 5.97 Å². The molecule has 0 aromatic heterocycles. The van der Waals surface area contributed by atoms with Gasteiger partial charge in [-0.2, -0.15) is 0 Å². The summed E-state index contributed by atoms with van der Waals surface area (Å²) in [5, 5.41) is 11.6. The van der Waals surface area contributed by atoms with Crippen molar-refractivity contribution >= 4 is 11.9 Å². The van der Waals surface area contributed by atoms with Crippen LogP contribution >= 0.6 is 0 Å². The van der Waals surface area contributed by atoms with Crippen molar-refractivity contribution in [2.75, 3.05) is 20.3 Å². The largest absolute Gasteiger partial charge is 0.481 e. The van der Waals surface area contributed by atoms with Crippen LogP contribution in [0.5, 0.6) is 0 Å². The van der Waals surface area contributed by atoms with Crippen LogP contribution in [0.4, 0.5) is 0 Å². The van der Waals surface area contributed by atoms with Gasteiger partial charge in [0.15, 0.2) is 0 Å². The van der Waals surface area contributed by atoms with Gasteiger partial charge in [-0.15, -0.1) is 0 Å². The quantitative estimate of drug-likeness (QED) is 0.599. The third-order valence-corrected chi connectivity index (χ3v) is 2.76. The SMILES string of the molecule is COCCCNC(=O)CC(C(=O)O)C1CC1. The minimum atomic E-state index is -0.852. The summed E-state index contributed by atoms with van der Waals surface area (Å²) in [6, 6.07) is 0. The summed E-state index contributed by atoms with van der Waals surface area (Å²) in [5.41, 5.74) is 0. The second-order valence-corrected chi connectivity index (χ2v) is 4.18. The average Bonchev–Trinajstić information content (AvgIpc) is 3.04. The van der Waals surface area contributed by atoms with Gasteiger partial charge in [-0.1, -0.05) is 0 Å². The predicted octanol–water partition coefficient (Wildman–Crippen LogP) is 0.640. The highest BCUT2D eigenvalue weighted by molar-refractivity contribution is 5.82. The van der Waals surface area contributed by atoms with E-state index in [9.17, 15) is 9.59 Å². The number of ether oxygens (including phenoxy) is 1. The van der Waals surface area contributed by atoms with Crippen molar-refractivity contribution in [3.05, 3.63) is 0 Å². The van der Waals surface area contributed by atoms with E-state index in [1.165, 1.54) is 0 Å². The molecule has 0 heterocycles. The molecule has 1 aliphatic carbocycles. The third kappa shape index (κ3) is 4.61. The van der Waals surface area contributed by atoms with Crippen LogP contribution in [0.25, 0.3) is 0 Å². The summed E-state index contributed by atoms with van der Waals surface area (Å²) in [6.07, 6.45) is 2.73. The topological polar surface area (TPSA) is 75.6 Å². The number of rotatable bonds is 8. The fourth-order valence-electron chi connectivity index (χ4n) is 1.67. The molecule has 1 fully saturated rings. The lowest BCUT2D eigenvalue weighted by atomic mass is 9.99. The number of amides is 1. The molecule has 1 aliphatic rings. The first-order chi connectivity index (χ1) is 7.65. The van der Waals surface area contributed by atoms with Gasteiger partial charge in [0.25, 0.3) is 0 Å². The lowest BCUT2D eigenvalue weighted by molar-refractivity contribution is -0.144. The Kier molecular flexibility index (Phi) is 5.25. The molecular formula is C11H19NO4. The fourth-order valence-corrected chi connectivity index (χ4v) is 1.67. The van der Waals surface area contributed by atoms with E-state index in [0.29, 0.717) is 13.2 Å². The van der Waals surface area contributed by atoms with Crippen LogP contribution in [-0.4, -0.2) is 37.2 Å². The highest BCUT2D eigenvalue weighted by Crippen LogP contribution is 2.38. The maximum atomic E-state index is 11.4. The van der Waals surface area contributed by atoms with Crippen molar-refractivity contribution in [3.63, 3.8) is 0 Å². The summed E-state index contributed by atoms with van der Waals surface area (Å²) in [5.74, 6) is -1.31. The summed E-state index contributed by atoms with van der Waals surface area (Å²) < 4.78 is 4.85. The molecule has 1 atom stereocenters. The average molecular weight is 229 g/mol. The van der Waals surface area contributed by atoms with E-state index >= 15 is 0 Å². The number of nitrogens with one attached hydrogen (secondary N) is 1. The minimum Gasteiger partial charge on any atom is -0.481 e. The van der Waals surface area contributed by atoms with Crippen LogP contribution in [-0.2, 0) is 14.3 Å². The molecule has 0 radical (unpaired) electrons. The van der Waals surface area contributed by atoms with Crippen molar-refractivity contribution in [2.24, 2.45) is 11.8 Å². The monoisotopic (exact) mass is 229 g/mol. The van der Waals surface area contributed by atoms with Gasteiger partial charge in [-0.3, -0.25) is 9.59 Å². The Bertz CT molecular complexity index is 250. The van der Waals surface area contributed by atoms with E-state index < -0.39 is 11.9 Å². The van der Waals surface area contributed by atoms with E-state index in [1.807, 2.05) is 0 Å². The van der Waals surface area contributed by atoms with Gasteiger partial charge in [0.05, 0.1) is 5.92 Å². The molecule has 1 rings (SSSR count). The van der Waals surface area contributed by atoms with Crippen LogP contribution in [0.15, 0.2) is 0 Å². The first-order valence-electron chi connectivity index (χ1n) is 5.63. The number of carbonyl (C=O) groups is 2. The predicted molar refractivity (Wildman–Crippen MR) is 58.0 cm³/mol. The molecule has 16 heavy (non-hydrogen) atoms. The normalized spacial score (nSPS) is 16.8. The van der Waals surface area contributed by atoms with Gasteiger partial charge < -0.3 is 15.2 Å². The van der Waals surface area contributed by atoms with Crippen molar-refractivity contribution in [1.29, 1.82) is 0 Å². The summed E-state index contributed by atoms with van der Waals surface area (Å²) >= 11 is 0. The number of hydrogen-bond donors (Lipinski definition) is 2. The molecule has 1 unspecified atom stereocenters. The molecule has 0 saturated heterocycles. The molecule has 0 aromatic carbocycles. The molecule has 92 valence electrons. The number of aliphatic carboxylic acids is 1. The Morgan fingerprint density at radius 3 is 2.69 bits per heavy atom. The van der Waals surface area contributed by atoms with Crippen LogP contribution in [0.2, 0.25) is 0 Å². The number of methoxy groups -OCH3 is 1. The molecule has 5 heteroatoms. The molecule has 0 spiro atoms. The Balaban J connectivity index is 2.18. The van der Waals surface area contributed by atoms with Crippen LogP contribution in [0, 0.1) is 11.8 Å².